The summed E-state index contributed by atoms with van der Waals surface area (Å²) in [6.07, 6.45) is 0. The average Bonchev–Trinajstić information content (AvgIpc) is 2.99. The Bertz CT molecular complexity index is 933. The Hall–Kier alpha value is -1.56. The molecule has 0 saturated heterocycles. The number of fused-ring (bicyclic) bond motifs is 1. The minimum absolute atomic E-state index is 0.442. The van der Waals surface area contributed by atoms with Gasteiger partial charge in [-0.2, -0.15) is 0 Å². The molecule has 2 nitrogen and oxygen atoms in total. The maximum atomic E-state index is 4.79. The van der Waals surface area contributed by atoms with Crippen LogP contribution in [0.2, 0.25) is 0 Å². The molecule has 0 aliphatic heterocycles. The van der Waals surface area contributed by atoms with Crippen LogP contribution < -0.4 is 0 Å². The molecule has 0 radical (unpaired) electrons. The molecule has 5 heteroatoms. The molecule has 3 aromatic carbocycles. The van der Waals surface area contributed by atoms with Crippen LogP contribution in [0, 0.1) is 0 Å². The lowest BCUT2D eigenvalue weighted by Crippen LogP contribution is -1.78. The fourth-order valence-corrected chi connectivity index (χ4v) is 4.20. The van der Waals surface area contributed by atoms with Crippen molar-refractivity contribution in [3.05, 3.63) is 75.7 Å². The van der Waals surface area contributed by atoms with Crippen molar-refractivity contribution in [1.82, 2.24) is 8.75 Å². The van der Waals surface area contributed by atoms with Crippen molar-refractivity contribution >= 4 is 53.8 Å². The Morgan fingerprint density at radius 2 is 1.17 bits per heavy atom. The number of halogens is 2. The molecule has 0 aliphatic carbocycles. The number of hydrogen-bond donors (Lipinski definition) is 0. The van der Waals surface area contributed by atoms with E-state index in [1.807, 2.05) is 12.1 Å². The largest absolute Gasteiger partial charge is 0.245 e. The topological polar surface area (TPSA) is 25.8 Å². The highest BCUT2D eigenvalue weighted by molar-refractivity contribution is 9.10. The molecule has 1 aromatic heterocycles. The van der Waals surface area contributed by atoms with Gasteiger partial charge in [-0.05, 0) is 56.3 Å². The van der Waals surface area contributed by atoms with E-state index in [2.05, 4.69) is 86.5 Å². The van der Waals surface area contributed by atoms with Crippen LogP contribution in [0.4, 0.5) is 0 Å². The number of benzene rings is 3. The Kier molecular flexibility index (Phi) is 4.01. The van der Waals surface area contributed by atoms with Crippen LogP contribution in [-0.4, -0.2) is 8.75 Å². The minimum atomic E-state index is -0.442. The van der Waals surface area contributed by atoms with Gasteiger partial charge in [0.15, 0.2) is 11.0 Å². The van der Waals surface area contributed by atoms with E-state index in [1.54, 1.807) is 0 Å². The molecule has 23 heavy (non-hydrogen) atoms. The highest BCUT2D eigenvalue weighted by Crippen LogP contribution is 2.31. The van der Waals surface area contributed by atoms with Gasteiger partial charge in [0, 0.05) is 21.1 Å². The molecule has 0 N–H and O–H groups in total. The third kappa shape index (κ3) is 3.09. The molecule has 0 amide bonds. The summed E-state index contributed by atoms with van der Waals surface area (Å²) in [4.78, 5) is 1.13. The lowest BCUT2D eigenvalue weighted by Gasteiger charge is -2.00. The van der Waals surface area contributed by atoms with Crippen LogP contribution in [0.25, 0.3) is 27.1 Å². The van der Waals surface area contributed by atoms with Crippen molar-refractivity contribution in [2.75, 3.05) is 0 Å². The van der Waals surface area contributed by atoms with Gasteiger partial charge in [-0.15, -0.1) is 0 Å². The molecule has 4 rings (SSSR count). The van der Waals surface area contributed by atoms with Gasteiger partial charge in [-0.3, -0.25) is 0 Å². The molecule has 112 valence electrons. The Morgan fingerprint density at radius 1 is 0.609 bits per heavy atom. The molecule has 0 aliphatic rings. The Morgan fingerprint density at radius 3 is 1.87 bits per heavy atom. The zero-order chi connectivity index (χ0) is 15.8. The molecule has 0 spiro atoms. The second-order valence-corrected chi connectivity index (χ2v) is 8.31. The van der Waals surface area contributed by atoms with Crippen molar-refractivity contribution in [3.8, 4) is 16.0 Å². The lowest BCUT2D eigenvalue weighted by molar-refractivity contribution is 1.59. The second kappa shape index (κ2) is 6.15. The third-order valence-corrected chi connectivity index (χ3v) is 6.04. The zero-order valence-corrected chi connectivity index (χ0v) is 15.9. The molecule has 1 heterocycles. The second-order valence-electron chi connectivity index (χ2n) is 5.11. The quantitative estimate of drug-likeness (QED) is 0.326. The van der Waals surface area contributed by atoms with E-state index in [-0.39, 0.29) is 0 Å². The standard InChI is InChI=1S/C18H11Br2N2S/c19-14-4-1-12(2-5-14)13-3-10-17-18(11-13)22-23(21-17)16-8-6-15(20)7-9-16/h1-11H/q+1. The summed E-state index contributed by atoms with van der Waals surface area (Å²) in [5.41, 5.74) is 4.28. The summed E-state index contributed by atoms with van der Waals surface area (Å²) in [5.74, 6) is 0. The molecule has 0 fully saturated rings. The fourth-order valence-electron chi connectivity index (χ4n) is 2.36. The van der Waals surface area contributed by atoms with Crippen molar-refractivity contribution in [2.24, 2.45) is 0 Å². The lowest BCUT2D eigenvalue weighted by atomic mass is 10.1. The first-order valence-electron chi connectivity index (χ1n) is 7.03. The minimum Gasteiger partial charge on any atom is -0.0533 e. The van der Waals surface area contributed by atoms with Crippen LogP contribution in [0.5, 0.6) is 0 Å². The Balaban J connectivity index is 1.77. The summed E-state index contributed by atoms with van der Waals surface area (Å²) in [5, 5.41) is 0. The van der Waals surface area contributed by atoms with Crippen molar-refractivity contribution in [2.45, 2.75) is 0 Å². The first kappa shape index (κ1) is 15.0. The van der Waals surface area contributed by atoms with Crippen LogP contribution in [0.1, 0.15) is 0 Å². The van der Waals surface area contributed by atoms with Crippen LogP contribution in [-0.2, 0) is 0 Å². The summed E-state index contributed by atoms with van der Waals surface area (Å²) in [6, 6.07) is 22.8. The summed E-state index contributed by atoms with van der Waals surface area (Å²) in [6.45, 7) is 0. The predicted molar refractivity (Wildman–Crippen MR) is 104 cm³/mol. The van der Waals surface area contributed by atoms with Crippen LogP contribution in [0.15, 0.2) is 75.7 Å². The first-order chi connectivity index (χ1) is 11.2. The van der Waals surface area contributed by atoms with Crippen molar-refractivity contribution in [3.63, 3.8) is 0 Å². The number of nitrogens with zero attached hydrogens (tertiary/aromatic N) is 2. The molecule has 1 unspecified atom stereocenters. The molecule has 4 aromatic rings. The normalized spacial score (nSPS) is 11.8. The van der Waals surface area contributed by atoms with Gasteiger partial charge < -0.3 is 0 Å². The molecular formula is C18H11Br2N2S+. The Labute approximate surface area is 153 Å². The van der Waals surface area contributed by atoms with Gasteiger partial charge >= 0.3 is 0 Å². The average molecular weight is 447 g/mol. The number of aromatic nitrogens is 2. The smallest absolute Gasteiger partial charge is 0.0533 e. The van der Waals surface area contributed by atoms with Gasteiger partial charge in [0.05, 0.1) is 0 Å². The van der Waals surface area contributed by atoms with Crippen molar-refractivity contribution < 1.29 is 0 Å². The summed E-state index contributed by atoms with van der Waals surface area (Å²) < 4.78 is 11.7. The van der Waals surface area contributed by atoms with E-state index in [4.69, 9.17) is 8.75 Å². The van der Waals surface area contributed by atoms with Gasteiger partial charge in [-0.25, -0.2) is 0 Å². The summed E-state index contributed by atoms with van der Waals surface area (Å²) in [7, 11) is -0.442. The highest BCUT2D eigenvalue weighted by atomic mass is 79.9. The molecule has 1 atom stereocenters. The van der Waals surface area contributed by atoms with E-state index >= 15 is 0 Å². The first-order valence-corrected chi connectivity index (χ1v) is 9.75. The molecular weight excluding hydrogens is 436 g/mol. The highest BCUT2D eigenvalue weighted by Gasteiger charge is 2.17. The van der Waals surface area contributed by atoms with Crippen LogP contribution >= 0.6 is 42.7 Å². The van der Waals surface area contributed by atoms with E-state index in [9.17, 15) is 0 Å². The maximum absolute atomic E-state index is 4.79. The van der Waals surface area contributed by atoms with Gasteiger partial charge in [0.2, 0.25) is 15.8 Å². The molecule has 0 bridgehead atoms. The van der Waals surface area contributed by atoms with E-state index in [0.717, 1.165) is 30.4 Å². The van der Waals surface area contributed by atoms with E-state index < -0.39 is 10.9 Å². The third-order valence-electron chi connectivity index (χ3n) is 3.55. The van der Waals surface area contributed by atoms with E-state index in [1.165, 1.54) is 5.56 Å². The SMILES string of the molecule is Brc1ccc(-c2ccc3n[s+](-c4ccc(Br)cc4)nc3c2)cc1. The van der Waals surface area contributed by atoms with E-state index in [0.29, 0.717) is 0 Å². The number of hydrogen-bond acceptors (Lipinski definition) is 2. The van der Waals surface area contributed by atoms with Gasteiger partial charge in [-0.1, -0.05) is 50.1 Å². The van der Waals surface area contributed by atoms with Gasteiger partial charge in [0.25, 0.3) is 0 Å². The fraction of sp³-hybridized carbons (Fsp3) is 0. The van der Waals surface area contributed by atoms with Crippen LogP contribution in [0.3, 0.4) is 0 Å². The predicted octanol–water partition coefficient (Wildman–Crippen LogP) is 6.56. The zero-order valence-electron chi connectivity index (χ0n) is 11.9. The van der Waals surface area contributed by atoms with Gasteiger partial charge in [0.1, 0.15) is 0 Å². The maximum Gasteiger partial charge on any atom is 0.245 e. The monoisotopic (exact) mass is 445 g/mol. The summed E-state index contributed by atoms with van der Waals surface area (Å²) >= 11 is 6.93. The number of rotatable bonds is 2. The molecule has 0 saturated carbocycles. The van der Waals surface area contributed by atoms with Crippen molar-refractivity contribution in [1.29, 1.82) is 0 Å².